The Morgan fingerprint density at radius 1 is 0.897 bits per heavy atom. The lowest BCUT2D eigenvalue weighted by atomic mass is 10.1. The topological polar surface area (TPSA) is 54.0 Å². The van der Waals surface area contributed by atoms with E-state index in [1.165, 1.54) is 11.1 Å². The summed E-state index contributed by atoms with van der Waals surface area (Å²) >= 11 is 0. The number of anilines is 2. The summed E-state index contributed by atoms with van der Waals surface area (Å²) in [4.78, 5) is 16.5. The van der Waals surface area contributed by atoms with Crippen LogP contribution < -0.4 is 14.5 Å². The van der Waals surface area contributed by atoms with Crippen molar-refractivity contribution in [1.29, 1.82) is 0 Å². The summed E-state index contributed by atoms with van der Waals surface area (Å²) in [5.41, 5.74) is 2.79. The van der Waals surface area contributed by atoms with Crippen molar-refractivity contribution in [3.8, 4) is 5.75 Å². The Labute approximate surface area is 172 Å². The van der Waals surface area contributed by atoms with E-state index < -0.39 is 0 Å². The zero-order chi connectivity index (χ0) is 19.5. The molecule has 2 fully saturated rings. The molecule has 2 aromatic rings. The normalized spacial score (nSPS) is 19.9. The summed E-state index contributed by atoms with van der Waals surface area (Å²) in [6, 6.07) is 8.71. The number of ether oxygens (including phenoxy) is 2. The molecular formula is C22H29N5O2. The molecule has 0 unspecified atom stereocenters. The molecule has 3 aliphatic heterocycles. The van der Waals surface area contributed by atoms with Gasteiger partial charge in [0, 0.05) is 58.4 Å². The highest BCUT2D eigenvalue weighted by molar-refractivity contribution is 5.44. The first-order valence-electron chi connectivity index (χ1n) is 10.7. The third kappa shape index (κ3) is 4.31. The predicted octanol–water partition coefficient (Wildman–Crippen LogP) is 1.61. The highest BCUT2D eigenvalue weighted by Gasteiger charge is 2.20. The number of hydrogen-bond donors (Lipinski definition) is 0. The Morgan fingerprint density at radius 3 is 2.62 bits per heavy atom. The molecule has 4 heterocycles. The Bertz CT molecular complexity index is 832. The first-order valence-corrected chi connectivity index (χ1v) is 10.7. The average Bonchev–Trinajstić information content (AvgIpc) is 3.27. The van der Waals surface area contributed by atoms with E-state index >= 15 is 0 Å². The SMILES string of the molecule is c1cc(N2CCN(CCc3ccc4c(c3)CCO4)CC2)nc(N2CCOCC2)n1. The van der Waals surface area contributed by atoms with Gasteiger partial charge >= 0.3 is 0 Å². The Hall–Kier alpha value is -2.38. The van der Waals surface area contributed by atoms with Gasteiger partial charge < -0.3 is 19.3 Å². The van der Waals surface area contributed by atoms with Gasteiger partial charge in [-0.2, -0.15) is 4.98 Å². The third-order valence-electron chi connectivity index (χ3n) is 6.09. The lowest BCUT2D eigenvalue weighted by Crippen LogP contribution is -2.47. The lowest BCUT2D eigenvalue weighted by Gasteiger charge is -2.36. The number of hydrogen-bond acceptors (Lipinski definition) is 7. The van der Waals surface area contributed by atoms with E-state index in [4.69, 9.17) is 14.5 Å². The zero-order valence-electron chi connectivity index (χ0n) is 16.9. The van der Waals surface area contributed by atoms with E-state index in [1.54, 1.807) is 0 Å². The van der Waals surface area contributed by atoms with Gasteiger partial charge in [0.05, 0.1) is 19.8 Å². The number of aromatic nitrogens is 2. The van der Waals surface area contributed by atoms with E-state index in [9.17, 15) is 0 Å². The molecule has 154 valence electrons. The first-order chi connectivity index (χ1) is 14.3. The second-order valence-corrected chi connectivity index (χ2v) is 7.93. The maximum atomic E-state index is 5.61. The molecule has 5 rings (SSSR count). The van der Waals surface area contributed by atoms with Gasteiger partial charge in [-0.05, 0) is 29.7 Å². The molecule has 0 aliphatic carbocycles. The van der Waals surface area contributed by atoms with Crippen molar-refractivity contribution in [3.63, 3.8) is 0 Å². The molecule has 29 heavy (non-hydrogen) atoms. The molecule has 7 heteroatoms. The minimum absolute atomic E-state index is 0.753. The molecule has 0 amide bonds. The zero-order valence-corrected chi connectivity index (χ0v) is 16.9. The summed E-state index contributed by atoms with van der Waals surface area (Å²) in [5, 5.41) is 0. The van der Waals surface area contributed by atoms with Gasteiger partial charge in [-0.15, -0.1) is 0 Å². The fraction of sp³-hybridized carbons (Fsp3) is 0.545. The molecule has 1 aromatic heterocycles. The van der Waals surface area contributed by atoms with Crippen LogP contribution in [0.3, 0.4) is 0 Å². The van der Waals surface area contributed by atoms with Crippen molar-refractivity contribution in [2.24, 2.45) is 0 Å². The molecule has 7 nitrogen and oxygen atoms in total. The Morgan fingerprint density at radius 2 is 1.76 bits per heavy atom. The first kappa shape index (κ1) is 18.6. The van der Waals surface area contributed by atoms with Crippen LogP contribution in [-0.2, 0) is 17.6 Å². The number of morpholine rings is 1. The van der Waals surface area contributed by atoms with E-state index in [-0.39, 0.29) is 0 Å². The summed E-state index contributed by atoms with van der Waals surface area (Å²) in [6.45, 7) is 9.35. The Balaban J connectivity index is 1.14. The summed E-state index contributed by atoms with van der Waals surface area (Å²) in [6.07, 6.45) is 4.03. The summed E-state index contributed by atoms with van der Waals surface area (Å²) in [7, 11) is 0. The van der Waals surface area contributed by atoms with Crippen molar-refractivity contribution >= 4 is 11.8 Å². The second kappa shape index (κ2) is 8.55. The van der Waals surface area contributed by atoms with Crippen molar-refractivity contribution in [2.45, 2.75) is 12.8 Å². The number of fused-ring (bicyclic) bond motifs is 1. The van der Waals surface area contributed by atoms with Crippen LogP contribution in [0.4, 0.5) is 11.8 Å². The minimum Gasteiger partial charge on any atom is -0.493 e. The number of piperazine rings is 1. The van der Waals surface area contributed by atoms with Gasteiger partial charge in [-0.1, -0.05) is 12.1 Å². The highest BCUT2D eigenvalue weighted by atomic mass is 16.5. The van der Waals surface area contributed by atoms with Crippen LogP contribution in [0.5, 0.6) is 5.75 Å². The van der Waals surface area contributed by atoms with Crippen LogP contribution in [0.1, 0.15) is 11.1 Å². The van der Waals surface area contributed by atoms with Crippen LogP contribution in [0.2, 0.25) is 0 Å². The van der Waals surface area contributed by atoms with Gasteiger partial charge in [0.15, 0.2) is 0 Å². The van der Waals surface area contributed by atoms with Crippen molar-refractivity contribution in [3.05, 3.63) is 41.6 Å². The van der Waals surface area contributed by atoms with Gasteiger partial charge in [0.1, 0.15) is 11.6 Å². The van der Waals surface area contributed by atoms with Gasteiger partial charge in [-0.3, -0.25) is 4.90 Å². The maximum absolute atomic E-state index is 5.61. The van der Waals surface area contributed by atoms with Gasteiger partial charge in [0.2, 0.25) is 5.95 Å². The maximum Gasteiger partial charge on any atom is 0.227 e. The predicted molar refractivity (Wildman–Crippen MR) is 113 cm³/mol. The smallest absolute Gasteiger partial charge is 0.227 e. The third-order valence-corrected chi connectivity index (χ3v) is 6.09. The molecule has 0 spiro atoms. The van der Waals surface area contributed by atoms with Crippen LogP contribution in [0.25, 0.3) is 0 Å². The van der Waals surface area contributed by atoms with E-state index in [0.717, 1.165) is 96.0 Å². The van der Waals surface area contributed by atoms with Crippen LogP contribution in [0.15, 0.2) is 30.5 Å². The summed E-state index contributed by atoms with van der Waals surface area (Å²) in [5.74, 6) is 2.94. The fourth-order valence-electron chi connectivity index (χ4n) is 4.31. The Kier molecular flexibility index (Phi) is 5.49. The average molecular weight is 396 g/mol. The number of benzene rings is 1. The summed E-state index contributed by atoms with van der Waals surface area (Å²) < 4.78 is 11.1. The van der Waals surface area contributed by atoms with Gasteiger partial charge in [-0.25, -0.2) is 4.98 Å². The molecule has 0 saturated carbocycles. The quantitative estimate of drug-likeness (QED) is 0.762. The minimum atomic E-state index is 0.753. The van der Waals surface area contributed by atoms with Crippen LogP contribution >= 0.6 is 0 Å². The van der Waals surface area contributed by atoms with E-state index in [0.29, 0.717) is 0 Å². The van der Waals surface area contributed by atoms with Crippen LogP contribution in [-0.4, -0.2) is 80.5 Å². The fourth-order valence-corrected chi connectivity index (χ4v) is 4.31. The van der Waals surface area contributed by atoms with E-state index in [1.807, 2.05) is 12.3 Å². The van der Waals surface area contributed by atoms with Crippen molar-refractivity contribution < 1.29 is 9.47 Å². The standard InChI is InChI=1S/C22H29N5O2/c1-2-20-19(5-14-29-20)17-18(1)4-7-25-8-10-26(11-9-25)21-3-6-23-22(24-21)27-12-15-28-16-13-27/h1-3,6,17H,4-5,7-16H2. The molecule has 2 saturated heterocycles. The monoisotopic (exact) mass is 395 g/mol. The number of nitrogens with zero attached hydrogens (tertiary/aromatic N) is 5. The highest BCUT2D eigenvalue weighted by Crippen LogP contribution is 2.26. The van der Waals surface area contributed by atoms with Crippen molar-refractivity contribution in [2.75, 3.05) is 75.4 Å². The molecule has 0 N–H and O–H groups in total. The lowest BCUT2D eigenvalue weighted by molar-refractivity contribution is 0.122. The van der Waals surface area contributed by atoms with Gasteiger partial charge in [0.25, 0.3) is 0 Å². The molecule has 0 bridgehead atoms. The second-order valence-electron chi connectivity index (χ2n) is 7.93. The van der Waals surface area contributed by atoms with E-state index in [2.05, 4.69) is 37.9 Å². The van der Waals surface area contributed by atoms with Crippen molar-refractivity contribution in [1.82, 2.24) is 14.9 Å². The molecule has 3 aliphatic rings. The molecular weight excluding hydrogens is 366 g/mol. The number of rotatable bonds is 5. The molecule has 0 atom stereocenters. The van der Waals surface area contributed by atoms with Crippen LogP contribution in [0, 0.1) is 0 Å². The molecule has 1 aromatic carbocycles. The molecule has 0 radical (unpaired) electrons. The largest absolute Gasteiger partial charge is 0.493 e.